The number of nitriles is 1. The first kappa shape index (κ1) is 8.92. The fourth-order valence-electron chi connectivity index (χ4n) is 1.29. The second-order valence-electron chi connectivity index (χ2n) is 2.95. The summed E-state index contributed by atoms with van der Waals surface area (Å²) in [5.41, 5.74) is 2.58. The molecule has 0 aliphatic heterocycles. The maximum atomic E-state index is 8.97. The summed E-state index contributed by atoms with van der Waals surface area (Å²) in [7, 11) is 0. The van der Waals surface area contributed by atoms with Crippen molar-refractivity contribution in [2.24, 2.45) is 0 Å². The van der Waals surface area contributed by atoms with Gasteiger partial charge in [0.2, 0.25) is 0 Å². The van der Waals surface area contributed by atoms with Crippen LogP contribution >= 0.6 is 11.5 Å². The number of aromatic nitrogens is 1. The maximum absolute atomic E-state index is 8.97. The van der Waals surface area contributed by atoms with Gasteiger partial charge < -0.3 is 0 Å². The van der Waals surface area contributed by atoms with Gasteiger partial charge in [-0.3, -0.25) is 0 Å². The summed E-state index contributed by atoms with van der Waals surface area (Å²) in [5, 5.41) is 8.97. The molecule has 2 nitrogen and oxygen atoms in total. The molecule has 0 saturated carbocycles. The predicted molar refractivity (Wildman–Crippen MR) is 57.0 cm³/mol. The Labute approximate surface area is 86.6 Å². The molecule has 0 bridgehead atoms. The van der Waals surface area contributed by atoms with Gasteiger partial charge in [0, 0.05) is 0 Å². The number of hydrogen-bond acceptors (Lipinski definition) is 3. The number of aryl methyl sites for hydroxylation is 1. The van der Waals surface area contributed by atoms with Crippen molar-refractivity contribution in [1.29, 1.82) is 5.26 Å². The molecule has 0 aliphatic rings. The van der Waals surface area contributed by atoms with Crippen LogP contribution in [0.3, 0.4) is 0 Å². The third-order valence-electron chi connectivity index (χ3n) is 2.01. The minimum absolute atomic E-state index is 0.696. The lowest BCUT2D eigenvalue weighted by molar-refractivity contribution is 1.31. The highest BCUT2D eigenvalue weighted by molar-refractivity contribution is 7.09. The summed E-state index contributed by atoms with van der Waals surface area (Å²) in [6.07, 6.45) is 0. The van der Waals surface area contributed by atoms with Crippen molar-refractivity contribution < 1.29 is 0 Å². The van der Waals surface area contributed by atoms with Gasteiger partial charge in [0.15, 0.2) is 0 Å². The van der Waals surface area contributed by atoms with Gasteiger partial charge in [0.1, 0.15) is 6.07 Å². The van der Waals surface area contributed by atoms with Crippen LogP contribution in [0, 0.1) is 18.3 Å². The van der Waals surface area contributed by atoms with E-state index < -0.39 is 0 Å². The molecule has 0 atom stereocenters. The van der Waals surface area contributed by atoms with Crippen molar-refractivity contribution in [3.05, 3.63) is 41.6 Å². The summed E-state index contributed by atoms with van der Waals surface area (Å²) in [6, 6.07) is 12.1. The first-order valence-electron chi connectivity index (χ1n) is 4.24. The van der Waals surface area contributed by atoms with Crippen LogP contribution in [0.15, 0.2) is 30.3 Å². The van der Waals surface area contributed by atoms with Gasteiger partial charge >= 0.3 is 0 Å². The highest BCUT2D eigenvalue weighted by Crippen LogP contribution is 2.29. The molecule has 0 fully saturated rings. The third-order valence-corrected chi connectivity index (χ3v) is 3.00. The molecule has 14 heavy (non-hydrogen) atoms. The fraction of sp³-hybridized carbons (Fsp3) is 0.0909. The third kappa shape index (κ3) is 1.40. The van der Waals surface area contributed by atoms with E-state index in [0.29, 0.717) is 5.56 Å². The van der Waals surface area contributed by atoms with E-state index in [1.54, 1.807) is 0 Å². The molecule has 0 saturated heterocycles. The molecular weight excluding hydrogens is 192 g/mol. The number of nitrogens with zero attached hydrogens (tertiary/aromatic N) is 2. The van der Waals surface area contributed by atoms with Crippen LogP contribution in [0.2, 0.25) is 0 Å². The Morgan fingerprint density at radius 3 is 2.64 bits per heavy atom. The van der Waals surface area contributed by atoms with Crippen LogP contribution in [-0.4, -0.2) is 4.37 Å². The zero-order valence-electron chi connectivity index (χ0n) is 7.69. The molecule has 0 unspecified atom stereocenters. The van der Waals surface area contributed by atoms with Crippen molar-refractivity contribution in [2.45, 2.75) is 6.92 Å². The first-order chi connectivity index (χ1) is 6.83. The molecule has 0 spiro atoms. The number of benzene rings is 1. The van der Waals surface area contributed by atoms with Crippen LogP contribution < -0.4 is 0 Å². The van der Waals surface area contributed by atoms with Gasteiger partial charge in [0.25, 0.3) is 0 Å². The smallest absolute Gasteiger partial charge is 0.103 e. The molecule has 3 heteroatoms. The molecule has 1 aromatic heterocycles. The quantitative estimate of drug-likeness (QED) is 0.709. The summed E-state index contributed by atoms with van der Waals surface area (Å²) in [5.74, 6) is 0. The number of rotatable bonds is 1. The summed E-state index contributed by atoms with van der Waals surface area (Å²) in [4.78, 5) is 0.964. The van der Waals surface area contributed by atoms with E-state index in [9.17, 15) is 0 Å². The van der Waals surface area contributed by atoms with Gasteiger partial charge in [-0.25, -0.2) is 0 Å². The minimum atomic E-state index is 0.696. The highest BCUT2D eigenvalue weighted by atomic mass is 32.1. The molecule has 68 valence electrons. The van der Waals surface area contributed by atoms with Gasteiger partial charge in [-0.15, -0.1) is 0 Å². The maximum Gasteiger partial charge on any atom is 0.103 e. The Morgan fingerprint density at radius 1 is 1.29 bits per heavy atom. The zero-order chi connectivity index (χ0) is 9.97. The lowest BCUT2D eigenvalue weighted by Crippen LogP contribution is -1.79. The van der Waals surface area contributed by atoms with Crippen molar-refractivity contribution in [2.75, 3.05) is 0 Å². The van der Waals surface area contributed by atoms with Gasteiger partial charge in [-0.2, -0.15) is 9.64 Å². The van der Waals surface area contributed by atoms with Crippen molar-refractivity contribution in [3.63, 3.8) is 0 Å². The molecular formula is C11H8N2S. The van der Waals surface area contributed by atoms with Crippen LogP contribution in [0.4, 0.5) is 0 Å². The molecule has 0 N–H and O–H groups in total. The Balaban J connectivity index is 2.59. The second kappa shape index (κ2) is 3.60. The number of hydrogen-bond donors (Lipinski definition) is 0. The van der Waals surface area contributed by atoms with E-state index in [2.05, 4.69) is 10.4 Å². The summed E-state index contributed by atoms with van der Waals surface area (Å²) >= 11 is 1.38. The average molecular weight is 200 g/mol. The largest absolute Gasteiger partial charge is 0.196 e. The van der Waals surface area contributed by atoms with Gasteiger partial charge in [-0.1, -0.05) is 30.3 Å². The standard InChI is InChI=1S/C11H8N2S/c1-8-10(7-12)11(14-13-8)9-5-3-2-4-6-9/h2-6H,1H3. The van der Waals surface area contributed by atoms with E-state index >= 15 is 0 Å². The Kier molecular flexibility index (Phi) is 2.30. The first-order valence-corrected chi connectivity index (χ1v) is 5.02. The van der Waals surface area contributed by atoms with Gasteiger partial charge in [-0.05, 0) is 24.0 Å². The molecule has 0 aliphatic carbocycles. The van der Waals surface area contributed by atoms with E-state index in [0.717, 1.165) is 16.1 Å². The van der Waals surface area contributed by atoms with Crippen LogP contribution in [0.5, 0.6) is 0 Å². The lowest BCUT2D eigenvalue weighted by Gasteiger charge is -1.95. The van der Waals surface area contributed by atoms with E-state index in [1.807, 2.05) is 37.3 Å². The van der Waals surface area contributed by atoms with Crippen LogP contribution in [0.1, 0.15) is 11.3 Å². The molecule has 1 heterocycles. The van der Waals surface area contributed by atoms with Crippen molar-refractivity contribution in [3.8, 4) is 16.5 Å². The van der Waals surface area contributed by atoms with Crippen molar-refractivity contribution in [1.82, 2.24) is 4.37 Å². The van der Waals surface area contributed by atoms with Crippen LogP contribution in [-0.2, 0) is 0 Å². The topological polar surface area (TPSA) is 36.7 Å². The summed E-state index contributed by atoms with van der Waals surface area (Å²) in [6.45, 7) is 1.86. The predicted octanol–water partition coefficient (Wildman–Crippen LogP) is 2.99. The molecule has 0 amide bonds. The van der Waals surface area contributed by atoms with E-state index in [-0.39, 0.29) is 0 Å². The minimum Gasteiger partial charge on any atom is -0.196 e. The van der Waals surface area contributed by atoms with E-state index in [1.165, 1.54) is 11.5 Å². The highest BCUT2D eigenvalue weighted by Gasteiger charge is 2.10. The Morgan fingerprint density at radius 2 is 2.00 bits per heavy atom. The molecule has 0 radical (unpaired) electrons. The van der Waals surface area contributed by atoms with Crippen LogP contribution in [0.25, 0.3) is 10.4 Å². The normalized spacial score (nSPS) is 9.71. The lowest BCUT2D eigenvalue weighted by atomic mass is 10.1. The van der Waals surface area contributed by atoms with Gasteiger partial charge in [0.05, 0.1) is 16.1 Å². The monoisotopic (exact) mass is 200 g/mol. The van der Waals surface area contributed by atoms with E-state index in [4.69, 9.17) is 5.26 Å². The summed E-state index contributed by atoms with van der Waals surface area (Å²) < 4.78 is 4.18. The van der Waals surface area contributed by atoms with Crippen molar-refractivity contribution >= 4 is 11.5 Å². The fourth-order valence-corrected chi connectivity index (χ4v) is 2.13. The Bertz CT molecular complexity index is 480. The Hall–Kier alpha value is -1.66. The molecule has 2 rings (SSSR count). The molecule has 1 aromatic carbocycles. The molecule has 2 aromatic rings. The second-order valence-corrected chi connectivity index (χ2v) is 3.72. The SMILES string of the molecule is Cc1nsc(-c2ccccc2)c1C#N. The zero-order valence-corrected chi connectivity index (χ0v) is 8.51. The average Bonchev–Trinajstić information content (AvgIpc) is 2.61.